The first-order chi connectivity index (χ1) is 13.5. The predicted octanol–water partition coefficient (Wildman–Crippen LogP) is 3.11. The van der Waals surface area contributed by atoms with Gasteiger partial charge in [0.05, 0.1) is 11.1 Å². The Bertz CT molecular complexity index is 1050. The summed E-state index contributed by atoms with van der Waals surface area (Å²) in [6.07, 6.45) is 1.27. The van der Waals surface area contributed by atoms with Gasteiger partial charge in [-0.1, -0.05) is 32.0 Å². The normalized spacial score (nSPS) is 20.4. The lowest BCUT2D eigenvalue weighted by Gasteiger charge is -2.34. The van der Waals surface area contributed by atoms with Crippen LogP contribution in [0.15, 0.2) is 34.4 Å². The number of nitrogens with zero attached hydrogens (tertiary/aromatic N) is 3. The average Bonchev–Trinajstić information content (AvgIpc) is 3.08. The van der Waals surface area contributed by atoms with Crippen molar-refractivity contribution in [2.24, 2.45) is 11.8 Å². The van der Waals surface area contributed by atoms with Crippen LogP contribution >= 0.6 is 11.3 Å². The zero-order valence-corrected chi connectivity index (χ0v) is 16.8. The van der Waals surface area contributed by atoms with E-state index >= 15 is 0 Å². The van der Waals surface area contributed by atoms with Gasteiger partial charge < -0.3 is 0 Å². The molecule has 7 nitrogen and oxygen atoms in total. The molecule has 2 N–H and O–H groups in total. The molecule has 1 aliphatic rings. The molecule has 1 amide bonds. The third-order valence-corrected chi connectivity index (χ3v) is 5.82. The van der Waals surface area contributed by atoms with Gasteiger partial charge in [-0.15, -0.1) is 11.3 Å². The summed E-state index contributed by atoms with van der Waals surface area (Å²) in [5.74, 6) is 1.01. The van der Waals surface area contributed by atoms with Crippen molar-refractivity contribution in [2.45, 2.75) is 26.8 Å². The number of benzene rings is 1. The smallest absolute Gasteiger partial charge is 0.278 e. The maximum atomic E-state index is 12.7. The molecule has 0 bridgehead atoms. The second kappa shape index (κ2) is 7.81. The lowest BCUT2D eigenvalue weighted by molar-refractivity contribution is 0.102. The minimum Gasteiger partial charge on any atom is -0.297 e. The van der Waals surface area contributed by atoms with E-state index in [1.165, 1.54) is 17.8 Å². The minimum atomic E-state index is -0.381. The molecule has 0 radical (unpaired) electrons. The molecule has 2 unspecified atom stereocenters. The molecule has 2 aromatic heterocycles. The van der Waals surface area contributed by atoms with E-state index in [9.17, 15) is 9.59 Å². The zero-order valence-electron chi connectivity index (χ0n) is 15.9. The number of rotatable bonds is 4. The number of thiazole rings is 1. The van der Waals surface area contributed by atoms with Gasteiger partial charge in [0.2, 0.25) is 0 Å². The van der Waals surface area contributed by atoms with E-state index in [0.29, 0.717) is 27.7 Å². The maximum Gasteiger partial charge on any atom is 0.278 e. The summed E-state index contributed by atoms with van der Waals surface area (Å²) >= 11 is 1.40. The van der Waals surface area contributed by atoms with Gasteiger partial charge in [-0.25, -0.2) is 10.1 Å². The third kappa shape index (κ3) is 3.98. The largest absolute Gasteiger partial charge is 0.297 e. The standard InChI is InChI=1S/C20H23N5O2S/c1-12-7-13(2)9-25(8-12)10-14-11-28-20(21-14)22-19(27)17-15-5-3-4-6-16(15)18(26)24-23-17/h3-6,11-13H,7-10H2,1-2H3,(H,24,26)(H,21,22,27). The average molecular weight is 398 g/mol. The van der Waals surface area contributed by atoms with Crippen LogP contribution in [0.3, 0.4) is 0 Å². The quantitative estimate of drug-likeness (QED) is 0.706. The fourth-order valence-electron chi connectivity index (χ4n) is 4.03. The van der Waals surface area contributed by atoms with E-state index in [0.717, 1.165) is 25.3 Å². The van der Waals surface area contributed by atoms with Crippen molar-refractivity contribution in [3.8, 4) is 0 Å². The molecular weight excluding hydrogens is 374 g/mol. The third-order valence-electron chi connectivity index (χ3n) is 5.01. The number of likely N-dealkylation sites (tertiary alicyclic amines) is 1. The summed E-state index contributed by atoms with van der Waals surface area (Å²) in [6.45, 7) is 7.53. The number of nitrogens with one attached hydrogen (secondary N) is 2. The molecule has 28 heavy (non-hydrogen) atoms. The first-order valence-electron chi connectivity index (χ1n) is 9.45. The summed E-state index contributed by atoms with van der Waals surface area (Å²) in [4.78, 5) is 31.6. The van der Waals surface area contributed by atoms with Crippen molar-refractivity contribution in [1.82, 2.24) is 20.1 Å². The Kier molecular flexibility index (Phi) is 5.23. The monoisotopic (exact) mass is 397 g/mol. The van der Waals surface area contributed by atoms with E-state index < -0.39 is 0 Å². The van der Waals surface area contributed by atoms with Gasteiger partial charge >= 0.3 is 0 Å². The fraction of sp³-hybridized carbons (Fsp3) is 0.400. The second-order valence-electron chi connectivity index (χ2n) is 7.69. The number of aromatic nitrogens is 3. The second-order valence-corrected chi connectivity index (χ2v) is 8.54. The summed E-state index contributed by atoms with van der Waals surface area (Å²) in [5.41, 5.74) is 0.834. The van der Waals surface area contributed by atoms with Crippen molar-refractivity contribution in [1.29, 1.82) is 0 Å². The SMILES string of the molecule is CC1CC(C)CN(Cc2csc(NC(=O)c3n[nH]c(=O)c4ccccc34)n2)C1. The number of carbonyl (C=O) groups excluding carboxylic acids is 1. The van der Waals surface area contributed by atoms with Crippen molar-refractivity contribution >= 4 is 33.1 Å². The van der Waals surface area contributed by atoms with Crippen molar-refractivity contribution in [2.75, 3.05) is 18.4 Å². The van der Waals surface area contributed by atoms with Gasteiger partial charge in [-0.3, -0.25) is 19.8 Å². The van der Waals surface area contributed by atoms with Gasteiger partial charge in [0.15, 0.2) is 10.8 Å². The molecule has 1 aromatic carbocycles. The molecule has 0 spiro atoms. The molecule has 0 saturated carbocycles. The van der Waals surface area contributed by atoms with E-state index in [4.69, 9.17) is 0 Å². The predicted molar refractivity (Wildman–Crippen MR) is 111 cm³/mol. The van der Waals surface area contributed by atoms with Gasteiger partial charge in [0.1, 0.15) is 0 Å². The number of piperidine rings is 1. The highest BCUT2D eigenvalue weighted by Crippen LogP contribution is 2.24. The number of H-pyrrole nitrogens is 1. The summed E-state index contributed by atoms with van der Waals surface area (Å²) < 4.78 is 0. The number of anilines is 1. The van der Waals surface area contributed by atoms with Crippen LogP contribution in [0.25, 0.3) is 10.8 Å². The molecule has 8 heteroatoms. The Hall–Kier alpha value is -2.58. The van der Waals surface area contributed by atoms with Crippen LogP contribution in [0.2, 0.25) is 0 Å². The summed E-state index contributed by atoms with van der Waals surface area (Å²) in [6, 6.07) is 6.93. The molecule has 3 aromatic rings. The van der Waals surface area contributed by atoms with Crippen LogP contribution in [0.4, 0.5) is 5.13 Å². The highest BCUT2D eigenvalue weighted by atomic mass is 32.1. The Labute approximate surface area is 166 Å². The van der Waals surface area contributed by atoms with Crippen LogP contribution in [-0.4, -0.2) is 39.1 Å². The number of carbonyl (C=O) groups is 1. The fourth-order valence-corrected chi connectivity index (χ4v) is 4.73. The van der Waals surface area contributed by atoms with Crippen LogP contribution in [0.5, 0.6) is 0 Å². The van der Waals surface area contributed by atoms with Gasteiger partial charge in [-0.2, -0.15) is 5.10 Å². The Morgan fingerprint density at radius 3 is 2.71 bits per heavy atom. The van der Waals surface area contributed by atoms with Gasteiger partial charge in [0.25, 0.3) is 11.5 Å². The van der Waals surface area contributed by atoms with E-state index in [1.807, 2.05) is 5.38 Å². The summed E-state index contributed by atoms with van der Waals surface area (Å²) in [5, 5.41) is 12.6. The van der Waals surface area contributed by atoms with Crippen LogP contribution in [0, 0.1) is 11.8 Å². The Morgan fingerprint density at radius 1 is 1.25 bits per heavy atom. The Balaban J connectivity index is 1.48. The lowest BCUT2D eigenvalue weighted by Crippen LogP contribution is -2.38. The number of hydrogen-bond donors (Lipinski definition) is 2. The molecule has 4 rings (SSSR count). The number of amides is 1. The number of aromatic amines is 1. The molecular formula is C20H23N5O2S. The molecule has 1 fully saturated rings. The van der Waals surface area contributed by atoms with Crippen LogP contribution < -0.4 is 10.9 Å². The first kappa shape index (κ1) is 18.8. The molecule has 1 saturated heterocycles. The number of fused-ring (bicyclic) bond motifs is 1. The molecule has 3 heterocycles. The van der Waals surface area contributed by atoms with Crippen LogP contribution in [0.1, 0.15) is 36.5 Å². The first-order valence-corrected chi connectivity index (χ1v) is 10.3. The van der Waals surface area contributed by atoms with E-state index in [1.54, 1.807) is 24.3 Å². The molecule has 2 atom stereocenters. The molecule has 0 aliphatic carbocycles. The number of hydrogen-bond acceptors (Lipinski definition) is 6. The molecule has 146 valence electrons. The van der Waals surface area contributed by atoms with Crippen molar-refractivity contribution < 1.29 is 4.79 Å². The maximum absolute atomic E-state index is 12.7. The topological polar surface area (TPSA) is 91.0 Å². The zero-order chi connectivity index (χ0) is 19.7. The summed E-state index contributed by atoms with van der Waals surface area (Å²) in [7, 11) is 0. The molecule has 1 aliphatic heterocycles. The van der Waals surface area contributed by atoms with Crippen molar-refractivity contribution in [3.05, 3.63) is 51.4 Å². The van der Waals surface area contributed by atoms with E-state index in [-0.39, 0.29) is 17.2 Å². The highest BCUT2D eigenvalue weighted by Gasteiger charge is 2.22. The lowest BCUT2D eigenvalue weighted by atomic mass is 9.92. The van der Waals surface area contributed by atoms with Crippen LogP contribution in [-0.2, 0) is 6.54 Å². The van der Waals surface area contributed by atoms with Crippen molar-refractivity contribution in [3.63, 3.8) is 0 Å². The Morgan fingerprint density at radius 2 is 1.96 bits per heavy atom. The van der Waals surface area contributed by atoms with E-state index in [2.05, 4.69) is 39.2 Å². The van der Waals surface area contributed by atoms with Gasteiger partial charge in [-0.05, 0) is 24.3 Å². The highest BCUT2D eigenvalue weighted by molar-refractivity contribution is 7.14. The minimum absolute atomic E-state index is 0.186. The van der Waals surface area contributed by atoms with Gasteiger partial charge in [0, 0.05) is 30.4 Å².